The van der Waals surface area contributed by atoms with Crippen molar-refractivity contribution in [2.75, 3.05) is 5.32 Å². The van der Waals surface area contributed by atoms with E-state index in [1.807, 2.05) is 0 Å². The molecule has 120 valence electrons. The Labute approximate surface area is 125 Å². The van der Waals surface area contributed by atoms with Gasteiger partial charge in [-0.3, -0.25) is 0 Å². The van der Waals surface area contributed by atoms with Gasteiger partial charge in [0, 0.05) is 6.20 Å². The fourth-order valence-corrected chi connectivity index (χ4v) is 1.66. The minimum absolute atomic E-state index is 0.338. The van der Waals surface area contributed by atoms with E-state index in [1.165, 1.54) is 0 Å². The first kappa shape index (κ1) is 16.5. The first-order valence-corrected chi connectivity index (χ1v) is 5.90. The quantitative estimate of drug-likeness (QED) is 0.840. The van der Waals surface area contributed by atoms with Gasteiger partial charge in [0.15, 0.2) is 5.69 Å². The van der Waals surface area contributed by atoms with Gasteiger partial charge in [-0.2, -0.15) is 31.6 Å². The summed E-state index contributed by atoms with van der Waals surface area (Å²) in [7, 11) is 0. The molecule has 2 rings (SSSR count). The van der Waals surface area contributed by atoms with E-state index in [0.29, 0.717) is 6.07 Å². The van der Waals surface area contributed by atoms with Crippen molar-refractivity contribution < 1.29 is 26.3 Å². The van der Waals surface area contributed by atoms with E-state index >= 15 is 0 Å². The standard InChI is InChI=1S/C13H6F6N4/c14-12(15,16)9-4-3-7(6-20)11(23-9)22-8-2-1-5-21-10(8)13(17,18)19/h1-5H,(H,22,23). The molecule has 10 heteroatoms. The zero-order valence-electron chi connectivity index (χ0n) is 11.0. The van der Waals surface area contributed by atoms with E-state index in [2.05, 4.69) is 15.3 Å². The molecule has 2 heterocycles. The number of halogens is 6. The minimum Gasteiger partial charge on any atom is -0.337 e. The fraction of sp³-hybridized carbons (Fsp3) is 0.154. The van der Waals surface area contributed by atoms with E-state index in [-0.39, 0.29) is 5.56 Å². The van der Waals surface area contributed by atoms with Gasteiger partial charge in [0.25, 0.3) is 0 Å². The Balaban J connectivity index is 2.51. The van der Waals surface area contributed by atoms with Crippen LogP contribution in [0.15, 0.2) is 30.5 Å². The van der Waals surface area contributed by atoms with Crippen LogP contribution in [0.5, 0.6) is 0 Å². The van der Waals surface area contributed by atoms with Gasteiger partial charge < -0.3 is 5.32 Å². The Bertz CT molecular complexity index is 760. The van der Waals surface area contributed by atoms with Crippen molar-refractivity contribution in [3.63, 3.8) is 0 Å². The lowest BCUT2D eigenvalue weighted by molar-refractivity contribution is -0.141. The van der Waals surface area contributed by atoms with Crippen molar-refractivity contribution in [1.82, 2.24) is 9.97 Å². The molecule has 0 bridgehead atoms. The highest BCUT2D eigenvalue weighted by Gasteiger charge is 2.36. The van der Waals surface area contributed by atoms with Crippen molar-refractivity contribution in [3.05, 3.63) is 47.4 Å². The third-order valence-corrected chi connectivity index (χ3v) is 2.64. The molecule has 0 aliphatic heterocycles. The van der Waals surface area contributed by atoms with Crippen molar-refractivity contribution in [1.29, 1.82) is 5.26 Å². The molecule has 0 fully saturated rings. The summed E-state index contributed by atoms with van der Waals surface area (Å²) in [4.78, 5) is 6.33. The van der Waals surface area contributed by atoms with Crippen molar-refractivity contribution in [2.45, 2.75) is 12.4 Å². The zero-order chi connectivity index (χ0) is 17.3. The van der Waals surface area contributed by atoms with Crippen LogP contribution in [0.3, 0.4) is 0 Å². The highest BCUT2D eigenvalue weighted by atomic mass is 19.4. The van der Waals surface area contributed by atoms with Crippen LogP contribution in [0.1, 0.15) is 17.0 Å². The van der Waals surface area contributed by atoms with Crippen LogP contribution in [0, 0.1) is 11.3 Å². The monoisotopic (exact) mass is 332 g/mol. The van der Waals surface area contributed by atoms with Crippen molar-refractivity contribution in [3.8, 4) is 6.07 Å². The third-order valence-electron chi connectivity index (χ3n) is 2.64. The average Bonchev–Trinajstić information content (AvgIpc) is 2.45. The molecule has 0 aliphatic carbocycles. The van der Waals surface area contributed by atoms with Gasteiger partial charge in [-0.15, -0.1) is 0 Å². The number of pyridine rings is 2. The number of alkyl halides is 6. The van der Waals surface area contributed by atoms with E-state index in [4.69, 9.17) is 5.26 Å². The van der Waals surface area contributed by atoms with Gasteiger partial charge in [-0.1, -0.05) is 0 Å². The van der Waals surface area contributed by atoms with Gasteiger partial charge in [0.1, 0.15) is 17.6 Å². The molecule has 0 aliphatic rings. The maximum absolute atomic E-state index is 12.8. The summed E-state index contributed by atoms with van der Waals surface area (Å²) in [6, 6.07) is 5.08. The molecule has 0 saturated carbocycles. The number of anilines is 2. The lowest BCUT2D eigenvalue weighted by Crippen LogP contribution is -2.13. The number of aromatic nitrogens is 2. The number of nitrogens with one attached hydrogen (secondary N) is 1. The lowest BCUT2D eigenvalue weighted by atomic mass is 10.2. The Kier molecular flexibility index (Phi) is 4.14. The van der Waals surface area contributed by atoms with Gasteiger partial charge >= 0.3 is 12.4 Å². The Morgan fingerprint density at radius 2 is 1.70 bits per heavy atom. The number of hydrogen-bond donors (Lipinski definition) is 1. The number of nitriles is 1. The SMILES string of the molecule is N#Cc1ccc(C(F)(F)F)nc1Nc1cccnc1C(F)(F)F. The van der Waals surface area contributed by atoms with Crippen molar-refractivity contribution >= 4 is 11.5 Å². The molecule has 0 unspecified atom stereocenters. The van der Waals surface area contributed by atoms with Gasteiger partial charge in [0.2, 0.25) is 0 Å². The second-order valence-electron chi connectivity index (χ2n) is 4.22. The Morgan fingerprint density at radius 3 is 2.26 bits per heavy atom. The summed E-state index contributed by atoms with van der Waals surface area (Å²) in [5.41, 5.74) is -3.61. The highest BCUT2D eigenvalue weighted by molar-refractivity contribution is 5.65. The number of rotatable bonds is 2. The van der Waals surface area contributed by atoms with E-state index in [9.17, 15) is 26.3 Å². The summed E-state index contributed by atoms with van der Waals surface area (Å²) < 4.78 is 76.4. The molecule has 0 amide bonds. The van der Waals surface area contributed by atoms with Crippen LogP contribution in [0.4, 0.5) is 37.8 Å². The molecular formula is C13H6F6N4. The van der Waals surface area contributed by atoms with Gasteiger partial charge in [-0.05, 0) is 24.3 Å². The molecule has 0 spiro atoms. The van der Waals surface area contributed by atoms with E-state index in [0.717, 1.165) is 24.4 Å². The first-order chi connectivity index (χ1) is 10.6. The largest absolute Gasteiger partial charge is 0.435 e. The minimum atomic E-state index is -4.82. The maximum Gasteiger partial charge on any atom is 0.435 e. The highest BCUT2D eigenvalue weighted by Crippen LogP contribution is 2.35. The van der Waals surface area contributed by atoms with Crippen LogP contribution in [0.2, 0.25) is 0 Å². The molecule has 4 nitrogen and oxygen atoms in total. The number of hydrogen-bond acceptors (Lipinski definition) is 4. The molecule has 2 aromatic rings. The summed E-state index contributed by atoms with van der Waals surface area (Å²) in [5.74, 6) is -0.638. The summed E-state index contributed by atoms with van der Waals surface area (Å²) in [6.45, 7) is 0. The van der Waals surface area contributed by atoms with Crippen LogP contribution >= 0.6 is 0 Å². The maximum atomic E-state index is 12.8. The second-order valence-corrected chi connectivity index (χ2v) is 4.22. The van der Waals surface area contributed by atoms with E-state index < -0.39 is 35.2 Å². The number of nitrogens with zero attached hydrogens (tertiary/aromatic N) is 3. The summed E-state index contributed by atoms with van der Waals surface area (Å²) in [5, 5.41) is 11.0. The third kappa shape index (κ3) is 3.68. The van der Waals surface area contributed by atoms with Crippen LogP contribution < -0.4 is 5.32 Å². The Hall–Kier alpha value is -2.83. The Morgan fingerprint density at radius 1 is 1.00 bits per heavy atom. The smallest absolute Gasteiger partial charge is 0.337 e. The normalized spacial score (nSPS) is 11.9. The van der Waals surface area contributed by atoms with Crippen LogP contribution in [0.25, 0.3) is 0 Å². The van der Waals surface area contributed by atoms with Gasteiger partial charge in [-0.25, -0.2) is 9.97 Å². The van der Waals surface area contributed by atoms with E-state index in [1.54, 1.807) is 6.07 Å². The molecule has 23 heavy (non-hydrogen) atoms. The van der Waals surface area contributed by atoms with Crippen LogP contribution in [-0.4, -0.2) is 9.97 Å². The molecule has 2 aromatic heterocycles. The molecule has 0 saturated heterocycles. The van der Waals surface area contributed by atoms with Gasteiger partial charge in [0.05, 0.1) is 11.3 Å². The molecule has 0 radical (unpaired) electrons. The van der Waals surface area contributed by atoms with Crippen molar-refractivity contribution in [2.24, 2.45) is 0 Å². The molecule has 1 N–H and O–H groups in total. The molecule has 0 aromatic carbocycles. The zero-order valence-corrected chi connectivity index (χ0v) is 11.0. The predicted molar refractivity (Wildman–Crippen MR) is 66.5 cm³/mol. The lowest BCUT2D eigenvalue weighted by Gasteiger charge is -2.14. The average molecular weight is 332 g/mol. The summed E-state index contributed by atoms with van der Waals surface area (Å²) >= 11 is 0. The topological polar surface area (TPSA) is 61.6 Å². The first-order valence-electron chi connectivity index (χ1n) is 5.90. The fourth-order valence-electron chi connectivity index (χ4n) is 1.66. The second kappa shape index (κ2) is 5.75. The summed E-state index contributed by atoms with van der Waals surface area (Å²) in [6.07, 6.45) is -8.73. The van der Waals surface area contributed by atoms with Crippen LogP contribution in [-0.2, 0) is 12.4 Å². The molecule has 0 atom stereocenters. The predicted octanol–water partition coefficient (Wildman–Crippen LogP) is 4.13. The molecular weight excluding hydrogens is 326 g/mol.